The molecule has 0 aliphatic heterocycles. The van der Waals surface area contributed by atoms with E-state index in [-0.39, 0.29) is 22.2 Å². The monoisotopic (exact) mass is 395 g/mol. The van der Waals surface area contributed by atoms with Crippen LogP contribution in [0.25, 0.3) is 0 Å². The highest BCUT2D eigenvalue weighted by Crippen LogP contribution is 2.67. The van der Waals surface area contributed by atoms with E-state index in [1.807, 2.05) is 48.5 Å². The molecule has 0 heterocycles. The largest absolute Gasteiger partial charge is 0.372 e. The third-order valence-corrected chi connectivity index (χ3v) is 8.66. The van der Waals surface area contributed by atoms with Crippen LogP contribution in [0.4, 0.5) is 0 Å². The maximum atomic E-state index is 13.3. The van der Waals surface area contributed by atoms with Crippen LogP contribution in [0, 0.1) is 16.7 Å². The van der Waals surface area contributed by atoms with E-state index in [0.717, 1.165) is 24.0 Å². The van der Waals surface area contributed by atoms with Crippen molar-refractivity contribution in [3.8, 4) is 0 Å². The average molecular weight is 396 g/mol. The first-order valence-electron chi connectivity index (χ1n) is 10.1. The Balaban J connectivity index is 1.58. The van der Waals surface area contributed by atoms with E-state index in [4.69, 9.17) is 4.74 Å². The van der Waals surface area contributed by atoms with Gasteiger partial charge >= 0.3 is 0 Å². The van der Waals surface area contributed by atoms with E-state index in [0.29, 0.717) is 12.5 Å². The molecule has 2 fully saturated rings. The first-order valence-corrected chi connectivity index (χ1v) is 11.3. The highest BCUT2D eigenvalue weighted by Gasteiger charge is 2.68. The predicted molar refractivity (Wildman–Crippen MR) is 116 cm³/mol. The predicted octanol–water partition coefficient (Wildman–Crippen LogP) is 5.18. The number of rotatable bonds is 6. The van der Waals surface area contributed by atoms with Crippen molar-refractivity contribution in [2.45, 2.75) is 51.6 Å². The molecule has 0 spiro atoms. The molecule has 0 saturated heterocycles. The van der Waals surface area contributed by atoms with Crippen molar-refractivity contribution in [2.24, 2.45) is 21.1 Å². The summed E-state index contributed by atoms with van der Waals surface area (Å²) < 4.78 is 24.2. The quantitative estimate of drug-likeness (QED) is 0.632. The third kappa shape index (κ3) is 3.27. The highest BCUT2D eigenvalue weighted by molar-refractivity contribution is 7.84. The summed E-state index contributed by atoms with van der Waals surface area (Å²) >= 11 is 0. The summed E-state index contributed by atoms with van der Waals surface area (Å²) in [5.74, 6) is 0.368. The summed E-state index contributed by atoms with van der Waals surface area (Å²) in [4.78, 5) is 0. The first-order chi connectivity index (χ1) is 13.4. The molecule has 2 saturated carbocycles. The lowest BCUT2D eigenvalue weighted by Gasteiger charge is -2.39. The van der Waals surface area contributed by atoms with Crippen LogP contribution in [0.3, 0.4) is 0 Å². The highest BCUT2D eigenvalue weighted by atomic mass is 32.2. The fourth-order valence-electron chi connectivity index (χ4n) is 5.23. The summed E-state index contributed by atoms with van der Waals surface area (Å²) in [6.45, 7) is 7.52. The number of fused-ring (bicyclic) bond motifs is 2. The standard InChI is InChI=1S/C24H29NO2S/c1-23(2)20-14-15-24(23,3)22(27-17-19-12-8-5-9-13-19)21(20)28(26)25-16-18-10-6-4-7-11-18/h4-13,16,20-22H,14-15,17H2,1-3H3/b25-16+/t20-,21-,22-,24+,28+/m1/s1. The van der Waals surface area contributed by atoms with E-state index in [2.05, 4.69) is 37.3 Å². The molecule has 0 aromatic heterocycles. The zero-order valence-electron chi connectivity index (χ0n) is 16.9. The van der Waals surface area contributed by atoms with Gasteiger partial charge < -0.3 is 4.74 Å². The van der Waals surface area contributed by atoms with Crippen LogP contribution in [0.1, 0.15) is 44.7 Å². The molecule has 0 radical (unpaired) electrons. The Kier molecular flexibility index (Phi) is 5.28. The van der Waals surface area contributed by atoms with Crippen molar-refractivity contribution in [1.82, 2.24) is 0 Å². The van der Waals surface area contributed by atoms with Crippen LogP contribution in [-0.2, 0) is 22.3 Å². The fraction of sp³-hybridized carbons (Fsp3) is 0.458. The van der Waals surface area contributed by atoms with Crippen LogP contribution < -0.4 is 0 Å². The molecule has 2 aliphatic carbocycles. The Morgan fingerprint density at radius 1 is 1.07 bits per heavy atom. The summed E-state index contributed by atoms with van der Waals surface area (Å²) in [5, 5.41) is -0.0579. The second-order valence-electron chi connectivity index (χ2n) is 8.89. The Morgan fingerprint density at radius 2 is 1.71 bits per heavy atom. The molecular weight excluding hydrogens is 366 g/mol. The lowest BCUT2D eigenvalue weighted by molar-refractivity contribution is -0.0530. The van der Waals surface area contributed by atoms with Gasteiger partial charge in [-0.2, -0.15) is 4.40 Å². The summed E-state index contributed by atoms with van der Waals surface area (Å²) in [6, 6.07) is 20.1. The summed E-state index contributed by atoms with van der Waals surface area (Å²) in [7, 11) is -1.31. The van der Waals surface area contributed by atoms with E-state index in [9.17, 15) is 4.21 Å². The van der Waals surface area contributed by atoms with E-state index in [1.54, 1.807) is 6.21 Å². The van der Waals surface area contributed by atoms with Gasteiger partial charge in [-0.25, -0.2) is 4.21 Å². The van der Waals surface area contributed by atoms with Crippen LogP contribution in [-0.4, -0.2) is 21.8 Å². The van der Waals surface area contributed by atoms with Gasteiger partial charge in [0.2, 0.25) is 0 Å². The molecule has 2 aromatic carbocycles. The van der Waals surface area contributed by atoms with Crippen molar-refractivity contribution in [2.75, 3.05) is 0 Å². The fourth-order valence-corrected chi connectivity index (χ4v) is 6.94. The van der Waals surface area contributed by atoms with Gasteiger partial charge in [-0.05, 0) is 35.3 Å². The van der Waals surface area contributed by atoms with E-state index >= 15 is 0 Å². The number of hydrogen-bond donors (Lipinski definition) is 0. The minimum atomic E-state index is -1.31. The Morgan fingerprint density at radius 3 is 2.39 bits per heavy atom. The van der Waals surface area contributed by atoms with Crippen LogP contribution in [0.5, 0.6) is 0 Å². The van der Waals surface area contributed by atoms with Gasteiger partial charge in [0, 0.05) is 11.6 Å². The molecule has 2 aliphatic rings. The topological polar surface area (TPSA) is 38.7 Å². The molecule has 3 nitrogen and oxygen atoms in total. The van der Waals surface area contributed by atoms with Crippen molar-refractivity contribution in [3.63, 3.8) is 0 Å². The molecular formula is C24H29NO2S. The minimum absolute atomic E-state index is 0.0229. The van der Waals surface area contributed by atoms with Gasteiger partial charge in [0.25, 0.3) is 0 Å². The summed E-state index contributed by atoms with van der Waals surface area (Å²) in [5.41, 5.74) is 2.25. The van der Waals surface area contributed by atoms with E-state index in [1.165, 1.54) is 0 Å². The molecule has 28 heavy (non-hydrogen) atoms. The lowest BCUT2D eigenvalue weighted by Crippen LogP contribution is -2.43. The Bertz CT molecular complexity index is 865. The third-order valence-electron chi connectivity index (χ3n) is 7.31. The van der Waals surface area contributed by atoms with Crippen molar-refractivity contribution >= 4 is 17.2 Å². The zero-order chi connectivity index (χ0) is 19.8. The van der Waals surface area contributed by atoms with Crippen molar-refractivity contribution in [1.29, 1.82) is 0 Å². The maximum Gasteiger partial charge on any atom is 0.145 e. The summed E-state index contributed by atoms with van der Waals surface area (Å²) in [6.07, 6.45) is 3.92. The van der Waals surface area contributed by atoms with Gasteiger partial charge in [0.15, 0.2) is 0 Å². The van der Waals surface area contributed by atoms with Crippen LogP contribution in [0.15, 0.2) is 65.1 Å². The Hall–Kier alpha value is -1.78. The zero-order valence-corrected chi connectivity index (χ0v) is 17.7. The molecule has 0 unspecified atom stereocenters. The number of benzene rings is 2. The molecule has 4 heteroatoms. The number of ether oxygens (including phenoxy) is 1. The molecule has 4 rings (SSSR count). The van der Waals surface area contributed by atoms with Gasteiger partial charge in [0.05, 0.1) is 18.0 Å². The van der Waals surface area contributed by atoms with E-state index < -0.39 is 11.0 Å². The lowest BCUT2D eigenvalue weighted by atomic mass is 9.70. The molecule has 2 bridgehead atoms. The average Bonchev–Trinajstić information content (AvgIpc) is 3.04. The normalized spacial score (nSPS) is 32.0. The van der Waals surface area contributed by atoms with Gasteiger partial charge in [0.1, 0.15) is 11.0 Å². The van der Waals surface area contributed by atoms with Gasteiger partial charge in [-0.1, -0.05) is 81.4 Å². The molecule has 2 aromatic rings. The first kappa shape index (κ1) is 19.5. The number of hydrogen-bond acceptors (Lipinski definition) is 2. The smallest absolute Gasteiger partial charge is 0.145 e. The van der Waals surface area contributed by atoms with Crippen molar-refractivity contribution < 1.29 is 8.95 Å². The number of nitrogens with zero attached hydrogens (tertiary/aromatic N) is 1. The van der Waals surface area contributed by atoms with Gasteiger partial charge in [-0.15, -0.1) is 0 Å². The molecule has 0 amide bonds. The van der Waals surface area contributed by atoms with Crippen molar-refractivity contribution in [3.05, 3.63) is 71.8 Å². The molecule has 148 valence electrons. The van der Waals surface area contributed by atoms with Gasteiger partial charge in [-0.3, -0.25) is 0 Å². The molecule has 0 N–H and O–H groups in total. The Labute approximate surface area is 170 Å². The second-order valence-corrected chi connectivity index (χ2v) is 10.2. The molecule has 5 atom stereocenters. The van der Waals surface area contributed by atoms with Crippen LogP contribution >= 0.6 is 0 Å². The second kappa shape index (κ2) is 7.57. The van der Waals surface area contributed by atoms with Crippen LogP contribution in [0.2, 0.25) is 0 Å². The maximum absolute atomic E-state index is 13.3. The SMILES string of the molecule is CC1(C)[C@@H]2CC[C@@]1(C)[C@H](OCc1ccccc1)[C@@H]2[S@](=O)/N=C/c1ccccc1. The minimum Gasteiger partial charge on any atom is -0.372 e.